The van der Waals surface area contributed by atoms with Crippen LogP contribution in [-0.2, 0) is 41.2 Å². The van der Waals surface area contributed by atoms with Crippen molar-refractivity contribution in [1.82, 2.24) is 0 Å². The lowest BCUT2D eigenvalue weighted by Gasteiger charge is -2.31. The molecule has 1 atom stereocenters. The summed E-state index contributed by atoms with van der Waals surface area (Å²) in [5.74, 6) is -1.42. The standard InChI is InChI=1S/C36H42N2O11S3/c1-6-37-29-17-15-25-26(21-24(51(44,45)46)22-30(25)52(47,48)49)33(29)36(4,5)32(37)13-9-7-8-12-31-35(2,3)27-20-23(34(39)40)14-16-28(27)38(31)18-10-11-19-50(41,42)43/h7-9,12-17,20-22,32H,6,10-11,18-19H2,1-5H3,(H,39,40)(H,41,42,43)(H,44,45,46)(H,47,48,49). The zero-order valence-electron chi connectivity index (χ0n) is 29.3. The van der Waals surface area contributed by atoms with E-state index in [0.29, 0.717) is 25.1 Å². The molecule has 0 bridgehead atoms. The number of aromatic carboxylic acids is 1. The van der Waals surface area contributed by atoms with E-state index in [0.717, 1.165) is 28.7 Å². The minimum Gasteiger partial charge on any atom is -0.478 e. The van der Waals surface area contributed by atoms with Crippen LogP contribution in [0.3, 0.4) is 0 Å². The summed E-state index contributed by atoms with van der Waals surface area (Å²) in [6, 6.07) is 9.85. The number of carboxylic acids is 1. The van der Waals surface area contributed by atoms with E-state index in [1.807, 2.05) is 69.9 Å². The highest BCUT2D eigenvalue weighted by Crippen LogP contribution is 2.51. The van der Waals surface area contributed by atoms with E-state index in [1.54, 1.807) is 18.2 Å². The molecule has 280 valence electrons. The highest BCUT2D eigenvalue weighted by molar-refractivity contribution is 7.87. The number of carboxylic acid groups (broad SMARTS) is 1. The van der Waals surface area contributed by atoms with Gasteiger partial charge in [0.2, 0.25) is 0 Å². The average Bonchev–Trinajstić information content (AvgIpc) is 3.38. The van der Waals surface area contributed by atoms with E-state index >= 15 is 0 Å². The summed E-state index contributed by atoms with van der Waals surface area (Å²) in [6.07, 6.45) is 10.1. The van der Waals surface area contributed by atoms with E-state index in [1.165, 1.54) is 18.2 Å². The Kier molecular flexibility index (Phi) is 10.3. The zero-order chi connectivity index (χ0) is 38.6. The van der Waals surface area contributed by atoms with Gasteiger partial charge in [0.05, 0.1) is 22.3 Å². The van der Waals surface area contributed by atoms with Gasteiger partial charge in [0.25, 0.3) is 30.4 Å². The Morgan fingerprint density at radius 1 is 0.827 bits per heavy atom. The fraction of sp³-hybridized carbons (Fsp3) is 0.361. The molecule has 0 aliphatic carbocycles. The molecule has 0 aromatic heterocycles. The third-order valence-electron chi connectivity index (χ3n) is 9.94. The number of likely N-dealkylation sites (N-methyl/N-ethyl adjacent to an activating group) is 1. The molecule has 13 nitrogen and oxygen atoms in total. The van der Waals surface area contributed by atoms with Gasteiger partial charge in [-0.2, -0.15) is 25.3 Å². The molecule has 5 rings (SSSR count). The van der Waals surface area contributed by atoms with Crippen LogP contribution >= 0.6 is 0 Å². The molecule has 52 heavy (non-hydrogen) atoms. The van der Waals surface area contributed by atoms with Gasteiger partial charge in [-0.1, -0.05) is 58.1 Å². The smallest absolute Gasteiger partial charge is 0.335 e. The fourth-order valence-electron chi connectivity index (χ4n) is 7.53. The number of anilines is 2. The van der Waals surface area contributed by atoms with E-state index in [-0.39, 0.29) is 34.6 Å². The summed E-state index contributed by atoms with van der Waals surface area (Å²) in [6.45, 7) is 10.8. The van der Waals surface area contributed by atoms with Crippen molar-refractivity contribution in [3.05, 3.63) is 95.2 Å². The second-order valence-corrected chi connectivity index (χ2v) is 18.4. The number of hydrogen-bond donors (Lipinski definition) is 4. The van der Waals surface area contributed by atoms with E-state index in [2.05, 4.69) is 4.90 Å². The Labute approximate surface area is 304 Å². The Morgan fingerprint density at radius 2 is 1.50 bits per heavy atom. The lowest BCUT2D eigenvalue weighted by Crippen LogP contribution is -2.39. The molecule has 2 aliphatic heterocycles. The molecule has 0 saturated carbocycles. The molecule has 16 heteroatoms. The highest BCUT2D eigenvalue weighted by atomic mass is 32.2. The number of allylic oxidation sites excluding steroid dienone is 5. The number of hydrogen-bond acceptors (Lipinski definition) is 9. The summed E-state index contributed by atoms with van der Waals surface area (Å²) in [5, 5.41) is 10.0. The highest BCUT2D eigenvalue weighted by Gasteiger charge is 2.44. The predicted molar refractivity (Wildman–Crippen MR) is 199 cm³/mol. The van der Waals surface area contributed by atoms with Crippen LogP contribution in [0.2, 0.25) is 0 Å². The van der Waals surface area contributed by atoms with Crippen LogP contribution in [0.5, 0.6) is 0 Å². The van der Waals surface area contributed by atoms with Crippen molar-refractivity contribution in [3.8, 4) is 0 Å². The van der Waals surface area contributed by atoms with E-state index in [9.17, 15) is 48.8 Å². The Morgan fingerprint density at radius 3 is 2.10 bits per heavy atom. The average molecular weight is 775 g/mol. The fourth-order valence-corrected chi connectivity index (χ4v) is 9.43. The Bertz CT molecular complexity index is 2380. The van der Waals surface area contributed by atoms with Gasteiger partial charge < -0.3 is 14.9 Å². The largest absolute Gasteiger partial charge is 0.478 e. The minimum absolute atomic E-state index is 0.118. The molecule has 3 aromatic rings. The number of unbranched alkanes of at least 4 members (excludes halogenated alkanes) is 1. The first-order valence-corrected chi connectivity index (χ1v) is 21.0. The summed E-state index contributed by atoms with van der Waals surface area (Å²) >= 11 is 0. The van der Waals surface area contributed by atoms with Gasteiger partial charge in [-0.15, -0.1) is 0 Å². The van der Waals surface area contributed by atoms with Crippen molar-refractivity contribution in [2.24, 2.45) is 0 Å². The second kappa shape index (κ2) is 13.7. The first-order valence-electron chi connectivity index (χ1n) is 16.5. The van der Waals surface area contributed by atoms with Crippen molar-refractivity contribution in [2.75, 3.05) is 28.6 Å². The molecule has 0 amide bonds. The summed E-state index contributed by atoms with van der Waals surface area (Å²) < 4.78 is 101. The number of benzene rings is 3. The normalized spacial score (nSPS) is 19.3. The van der Waals surface area contributed by atoms with Gasteiger partial charge in [-0.25, -0.2) is 4.79 Å². The lowest BCUT2D eigenvalue weighted by molar-refractivity contribution is 0.0696. The molecule has 0 saturated heterocycles. The summed E-state index contributed by atoms with van der Waals surface area (Å²) in [5.41, 5.74) is 2.71. The number of carbonyl (C=O) groups is 1. The molecule has 2 heterocycles. The quantitative estimate of drug-likeness (QED) is 0.0951. The number of nitrogens with zero attached hydrogens (tertiary/aromatic N) is 2. The molecular weight excluding hydrogens is 733 g/mol. The first-order chi connectivity index (χ1) is 24.0. The number of rotatable bonds is 12. The molecule has 0 fully saturated rings. The minimum atomic E-state index is -4.86. The van der Waals surface area contributed by atoms with Crippen molar-refractivity contribution in [1.29, 1.82) is 0 Å². The van der Waals surface area contributed by atoms with Gasteiger partial charge in [0.15, 0.2) is 0 Å². The summed E-state index contributed by atoms with van der Waals surface area (Å²) in [4.78, 5) is 14.6. The Hall–Kier alpha value is -4.06. The van der Waals surface area contributed by atoms with Crippen LogP contribution in [0.25, 0.3) is 10.8 Å². The topological polar surface area (TPSA) is 207 Å². The van der Waals surface area contributed by atoms with Crippen LogP contribution in [0.4, 0.5) is 11.4 Å². The SMILES string of the molecule is CCN1c2ccc3c(S(=O)(=O)O)cc(S(=O)(=O)O)cc3c2C(C)(C)C1C=CC=CC=C1N(CCCCS(=O)(=O)O)c2ccc(C(=O)O)cc2C1(C)C. The molecule has 0 radical (unpaired) electrons. The van der Waals surface area contributed by atoms with Crippen LogP contribution in [0, 0.1) is 0 Å². The Balaban J connectivity index is 1.50. The van der Waals surface area contributed by atoms with Gasteiger partial charge in [0, 0.05) is 46.4 Å². The van der Waals surface area contributed by atoms with Gasteiger partial charge in [-0.3, -0.25) is 13.7 Å². The van der Waals surface area contributed by atoms with Crippen LogP contribution in [0.1, 0.15) is 68.9 Å². The number of fused-ring (bicyclic) bond motifs is 4. The van der Waals surface area contributed by atoms with Crippen molar-refractivity contribution < 1.29 is 48.8 Å². The van der Waals surface area contributed by atoms with E-state index in [4.69, 9.17) is 0 Å². The van der Waals surface area contributed by atoms with E-state index < -0.39 is 56.9 Å². The maximum absolute atomic E-state index is 12.3. The maximum Gasteiger partial charge on any atom is 0.335 e. The van der Waals surface area contributed by atoms with Crippen molar-refractivity contribution in [2.45, 2.75) is 74.1 Å². The van der Waals surface area contributed by atoms with Crippen LogP contribution in [0.15, 0.2) is 88.3 Å². The predicted octanol–water partition coefficient (Wildman–Crippen LogP) is 5.98. The zero-order valence-corrected chi connectivity index (χ0v) is 31.8. The molecule has 2 aliphatic rings. The molecule has 0 spiro atoms. The first kappa shape index (κ1) is 39.2. The van der Waals surface area contributed by atoms with Gasteiger partial charge >= 0.3 is 5.97 Å². The monoisotopic (exact) mass is 774 g/mol. The van der Waals surface area contributed by atoms with Crippen LogP contribution < -0.4 is 9.80 Å². The lowest BCUT2D eigenvalue weighted by atomic mass is 9.78. The molecular formula is C36H42N2O11S3. The third kappa shape index (κ3) is 7.40. The maximum atomic E-state index is 12.3. The second-order valence-electron chi connectivity index (χ2n) is 14.0. The molecule has 4 N–H and O–H groups in total. The van der Waals surface area contributed by atoms with Crippen LogP contribution in [-0.4, -0.2) is 74.9 Å². The van der Waals surface area contributed by atoms with Crippen molar-refractivity contribution >= 4 is 58.5 Å². The van der Waals surface area contributed by atoms with Gasteiger partial charge in [-0.05, 0) is 78.8 Å². The molecule has 1 unspecified atom stereocenters. The summed E-state index contributed by atoms with van der Waals surface area (Å²) in [7, 11) is -13.8. The third-order valence-corrected chi connectivity index (χ3v) is 12.5. The molecule has 3 aromatic carbocycles. The van der Waals surface area contributed by atoms with Gasteiger partial charge in [0.1, 0.15) is 4.90 Å². The van der Waals surface area contributed by atoms with Crippen molar-refractivity contribution in [3.63, 3.8) is 0 Å².